The normalized spacial score (nSPS) is 12.7. The van der Waals surface area contributed by atoms with Gasteiger partial charge in [-0.15, -0.1) is 0 Å². The molecule has 0 amide bonds. The summed E-state index contributed by atoms with van der Waals surface area (Å²) in [4.78, 5) is 0. The highest BCUT2D eigenvalue weighted by atomic mass is 32.2. The molecule has 1 aromatic rings. The van der Waals surface area contributed by atoms with Crippen molar-refractivity contribution in [2.45, 2.75) is 32.6 Å². The van der Waals surface area contributed by atoms with Crippen LogP contribution in [0.25, 0.3) is 0 Å². The van der Waals surface area contributed by atoms with E-state index in [9.17, 15) is 5.11 Å². The number of rotatable bonds is 7. The van der Waals surface area contributed by atoms with Crippen molar-refractivity contribution in [3.05, 3.63) is 35.4 Å². The molecule has 0 saturated heterocycles. The summed E-state index contributed by atoms with van der Waals surface area (Å²) in [6.07, 6.45) is 2.28. The van der Waals surface area contributed by atoms with Crippen molar-refractivity contribution in [1.29, 1.82) is 0 Å². The van der Waals surface area contributed by atoms with Crippen molar-refractivity contribution in [3.8, 4) is 0 Å². The van der Waals surface area contributed by atoms with Crippen LogP contribution in [0.4, 0.5) is 0 Å². The first kappa shape index (κ1) is 13.6. The average Bonchev–Trinajstić information content (AvgIpc) is 2.31. The number of thioether (sulfide) groups is 1. The first-order valence-corrected chi connectivity index (χ1v) is 7.18. The molecule has 1 unspecified atom stereocenters. The van der Waals surface area contributed by atoms with Crippen LogP contribution in [0.2, 0.25) is 0 Å². The Morgan fingerprint density at radius 1 is 1.25 bits per heavy atom. The van der Waals surface area contributed by atoms with Crippen LogP contribution in [-0.2, 0) is 0 Å². The molecule has 1 rings (SSSR count). The third kappa shape index (κ3) is 4.58. The molecule has 2 heteroatoms. The number of hydrogen-bond donors (Lipinski definition) is 1. The van der Waals surface area contributed by atoms with Crippen LogP contribution < -0.4 is 0 Å². The van der Waals surface area contributed by atoms with Crippen LogP contribution in [0.15, 0.2) is 24.3 Å². The van der Waals surface area contributed by atoms with Gasteiger partial charge in [0.1, 0.15) is 0 Å². The second kappa shape index (κ2) is 7.75. The monoisotopic (exact) mass is 238 g/mol. The van der Waals surface area contributed by atoms with Gasteiger partial charge in [0.25, 0.3) is 0 Å². The molecule has 0 radical (unpaired) electrons. The third-order valence-corrected chi connectivity index (χ3v) is 3.80. The van der Waals surface area contributed by atoms with Gasteiger partial charge in [0.2, 0.25) is 0 Å². The Kier molecular flexibility index (Phi) is 6.58. The van der Waals surface area contributed by atoms with E-state index in [2.05, 4.69) is 38.1 Å². The molecular formula is C14H22OS. The molecule has 90 valence electrons. The van der Waals surface area contributed by atoms with Crippen LogP contribution in [0.5, 0.6) is 0 Å². The zero-order valence-electron chi connectivity index (χ0n) is 10.3. The zero-order chi connectivity index (χ0) is 11.8. The molecule has 0 spiro atoms. The molecule has 0 aliphatic carbocycles. The minimum Gasteiger partial charge on any atom is -0.396 e. The summed E-state index contributed by atoms with van der Waals surface area (Å²) in [5.74, 6) is 2.71. The SMILES string of the molecule is CCSCCCC(CO)c1ccc(C)cc1. The van der Waals surface area contributed by atoms with Crippen LogP contribution in [0.1, 0.15) is 36.8 Å². The second-order valence-corrected chi connectivity index (χ2v) is 5.52. The largest absolute Gasteiger partial charge is 0.396 e. The maximum Gasteiger partial charge on any atom is 0.0499 e. The zero-order valence-corrected chi connectivity index (χ0v) is 11.1. The molecule has 16 heavy (non-hydrogen) atoms. The van der Waals surface area contributed by atoms with Crippen molar-refractivity contribution in [1.82, 2.24) is 0 Å². The van der Waals surface area contributed by atoms with Crippen molar-refractivity contribution in [2.75, 3.05) is 18.1 Å². The Bertz CT molecular complexity index is 281. The van der Waals surface area contributed by atoms with Gasteiger partial charge < -0.3 is 5.11 Å². The van der Waals surface area contributed by atoms with Crippen molar-refractivity contribution in [2.24, 2.45) is 0 Å². The van der Waals surface area contributed by atoms with E-state index in [4.69, 9.17) is 0 Å². The molecule has 0 aliphatic heterocycles. The van der Waals surface area contributed by atoms with Crippen LogP contribution in [-0.4, -0.2) is 23.2 Å². The van der Waals surface area contributed by atoms with Gasteiger partial charge in [0.05, 0.1) is 0 Å². The fourth-order valence-corrected chi connectivity index (χ4v) is 2.44. The Morgan fingerprint density at radius 3 is 2.50 bits per heavy atom. The fourth-order valence-electron chi connectivity index (χ4n) is 1.78. The quantitative estimate of drug-likeness (QED) is 0.732. The predicted molar refractivity (Wildman–Crippen MR) is 73.2 cm³/mol. The first-order chi connectivity index (χ1) is 7.77. The van der Waals surface area contributed by atoms with Crippen LogP contribution in [0, 0.1) is 6.92 Å². The van der Waals surface area contributed by atoms with Gasteiger partial charge in [-0.05, 0) is 36.8 Å². The summed E-state index contributed by atoms with van der Waals surface area (Å²) in [7, 11) is 0. The fraction of sp³-hybridized carbons (Fsp3) is 0.571. The summed E-state index contributed by atoms with van der Waals surface area (Å²) in [5.41, 5.74) is 2.55. The van der Waals surface area contributed by atoms with E-state index in [1.165, 1.54) is 29.1 Å². The van der Waals surface area contributed by atoms with Gasteiger partial charge >= 0.3 is 0 Å². The number of aryl methyl sites for hydroxylation is 1. The Hall–Kier alpha value is -0.470. The summed E-state index contributed by atoms with van der Waals surface area (Å²) >= 11 is 1.98. The lowest BCUT2D eigenvalue weighted by molar-refractivity contribution is 0.259. The number of aliphatic hydroxyl groups is 1. The topological polar surface area (TPSA) is 20.2 Å². The summed E-state index contributed by atoms with van der Waals surface area (Å²) < 4.78 is 0. The number of aliphatic hydroxyl groups excluding tert-OH is 1. The average molecular weight is 238 g/mol. The summed E-state index contributed by atoms with van der Waals surface area (Å²) in [6, 6.07) is 8.53. The van der Waals surface area contributed by atoms with Crippen molar-refractivity contribution in [3.63, 3.8) is 0 Å². The van der Waals surface area contributed by atoms with Gasteiger partial charge in [-0.25, -0.2) is 0 Å². The molecule has 1 N–H and O–H groups in total. The van der Waals surface area contributed by atoms with E-state index in [0.717, 1.165) is 6.42 Å². The van der Waals surface area contributed by atoms with E-state index in [1.54, 1.807) is 0 Å². The minimum absolute atomic E-state index is 0.264. The van der Waals surface area contributed by atoms with Gasteiger partial charge in [-0.3, -0.25) is 0 Å². The van der Waals surface area contributed by atoms with Crippen LogP contribution >= 0.6 is 11.8 Å². The Morgan fingerprint density at radius 2 is 1.94 bits per heavy atom. The molecule has 0 bridgehead atoms. The summed E-state index contributed by atoms with van der Waals surface area (Å²) in [5, 5.41) is 9.40. The molecular weight excluding hydrogens is 216 g/mol. The molecule has 0 saturated carbocycles. The van der Waals surface area contributed by atoms with E-state index in [0.29, 0.717) is 5.92 Å². The highest BCUT2D eigenvalue weighted by Gasteiger charge is 2.09. The lowest BCUT2D eigenvalue weighted by Crippen LogP contribution is -2.04. The highest BCUT2D eigenvalue weighted by molar-refractivity contribution is 7.99. The van der Waals surface area contributed by atoms with Gasteiger partial charge in [0.15, 0.2) is 0 Å². The third-order valence-electron chi connectivity index (χ3n) is 2.81. The van der Waals surface area contributed by atoms with Crippen molar-refractivity contribution >= 4 is 11.8 Å². The Balaban J connectivity index is 2.44. The van der Waals surface area contributed by atoms with E-state index in [-0.39, 0.29) is 6.61 Å². The number of hydrogen-bond acceptors (Lipinski definition) is 2. The second-order valence-electron chi connectivity index (χ2n) is 4.13. The molecule has 0 heterocycles. The predicted octanol–water partition coefficient (Wildman–Crippen LogP) is 3.60. The number of benzene rings is 1. The first-order valence-electron chi connectivity index (χ1n) is 6.03. The Labute approximate surface area is 103 Å². The molecule has 1 nitrogen and oxygen atoms in total. The van der Waals surface area contributed by atoms with Gasteiger partial charge in [0, 0.05) is 12.5 Å². The van der Waals surface area contributed by atoms with E-state index >= 15 is 0 Å². The molecule has 1 atom stereocenters. The maximum absolute atomic E-state index is 9.40. The van der Waals surface area contributed by atoms with E-state index in [1.807, 2.05) is 11.8 Å². The molecule has 1 aromatic carbocycles. The van der Waals surface area contributed by atoms with Gasteiger partial charge in [-0.1, -0.05) is 36.8 Å². The molecule has 0 aliphatic rings. The molecule has 0 aromatic heterocycles. The minimum atomic E-state index is 0.264. The smallest absolute Gasteiger partial charge is 0.0499 e. The highest BCUT2D eigenvalue weighted by Crippen LogP contribution is 2.22. The lowest BCUT2D eigenvalue weighted by Gasteiger charge is -2.14. The van der Waals surface area contributed by atoms with Crippen molar-refractivity contribution < 1.29 is 5.11 Å². The van der Waals surface area contributed by atoms with E-state index < -0.39 is 0 Å². The van der Waals surface area contributed by atoms with Gasteiger partial charge in [-0.2, -0.15) is 11.8 Å². The summed E-state index contributed by atoms with van der Waals surface area (Å²) in [6.45, 7) is 4.55. The molecule has 0 fully saturated rings. The van der Waals surface area contributed by atoms with Crippen LogP contribution in [0.3, 0.4) is 0 Å². The maximum atomic E-state index is 9.40. The lowest BCUT2D eigenvalue weighted by atomic mass is 9.95. The standard InChI is InChI=1S/C14H22OS/c1-3-16-10-4-5-14(11-15)13-8-6-12(2)7-9-13/h6-9,14-15H,3-5,10-11H2,1-2H3.